The molecule has 0 fully saturated rings. The monoisotopic (exact) mass is 331 g/mol. The lowest BCUT2D eigenvalue weighted by Gasteiger charge is -2.22. The van der Waals surface area contributed by atoms with Crippen LogP contribution in [-0.2, 0) is 6.54 Å². The van der Waals surface area contributed by atoms with Crippen molar-refractivity contribution in [2.75, 3.05) is 6.54 Å². The van der Waals surface area contributed by atoms with E-state index in [0.29, 0.717) is 13.1 Å². The smallest absolute Gasteiger partial charge is 0.254 e. The first-order valence-electron chi connectivity index (χ1n) is 6.71. The molecule has 0 saturated carbocycles. The quantitative estimate of drug-likeness (QED) is 0.812. The highest BCUT2D eigenvalue weighted by molar-refractivity contribution is 9.10. The molecule has 0 radical (unpaired) electrons. The highest BCUT2D eigenvalue weighted by atomic mass is 79.9. The van der Waals surface area contributed by atoms with Crippen LogP contribution in [0.5, 0.6) is 0 Å². The minimum absolute atomic E-state index is 0.0788. The number of carbonyl (C=O) groups is 1. The molecule has 2 rings (SSSR count). The Bertz CT molecular complexity index is 595. The summed E-state index contributed by atoms with van der Waals surface area (Å²) in [5.41, 5.74) is 2.90. The van der Waals surface area contributed by atoms with Crippen LogP contribution in [-0.4, -0.2) is 17.4 Å². The van der Waals surface area contributed by atoms with Gasteiger partial charge in [0.25, 0.3) is 5.91 Å². The second-order valence-corrected chi connectivity index (χ2v) is 5.57. The number of carbonyl (C=O) groups excluding carboxylic acids is 1. The average Bonchev–Trinajstić information content (AvgIpc) is 2.48. The number of hydrogen-bond acceptors (Lipinski definition) is 1. The fraction of sp³-hybridized carbons (Fsp3) is 0.235. The van der Waals surface area contributed by atoms with Crippen LogP contribution < -0.4 is 0 Å². The average molecular weight is 332 g/mol. The van der Waals surface area contributed by atoms with Crippen molar-refractivity contribution < 1.29 is 4.79 Å². The summed E-state index contributed by atoms with van der Waals surface area (Å²) >= 11 is 3.48. The zero-order valence-corrected chi connectivity index (χ0v) is 13.4. The third kappa shape index (κ3) is 3.28. The van der Waals surface area contributed by atoms with Gasteiger partial charge in [0.05, 0.1) is 0 Å². The van der Waals surface area contributed by atoms with Crippen LogP contribution in [0, 0.1) is 6.92 Å². The Hall–Kier alpha value is -1.61. The second kappa shape index (κ2) is 6.71. The first kappa shape index (κ1) is 14.8. The number of amides is 1. The number of rotatable bonds is 4. The number of halogens is 1. The molecule has 0 spiro atoms. The minimum atomic E-state index is 0.0788. The number of hydrogen-bond donors (Lipinski definition) is 0. The summed E-state index contributed by atoms with van der Waals surface area (Å²) in [6.45, 7) is 5.31. The normalized spacial score (nSPS) is 10.3. The van der Waals surface area contributed by atoms with E-state index < -0.39 is 0 Å². The molecule has 0 unspecified atom stereocenters. The lowest BCUT2D eigenvalue weighted by molar-refractivity contribution is 0.0752. The summed E-state index contributed by atoms with van der Waals surface area (Å²) < 4.78 is 0.971. The summed E-state index contributed by atoms with van der Waals surface area (Å²) in [5.74, 6) is 0.0788. The Morgan fingerprint density at radius 1 is 1.10 bits per heavy atom. The third-order valence-electron chi connectivity index (χ3n) is 3.38. The molecular formula is C17H18BrNO. The van der Waals surface area contributed by atoms with Gasteiger partial charge in [-0.3, -0.25) is 4.79 Å². The van der Waals surface area contributed by atoms with Crippen LogP contribution >= 0.6 is 15.9 Å². The van der Waals surface area contributed by atoms with Gasteiger partial charge >= 0.3 is 0 Å². The molecule has 0 atom stereocenters. The van der Waals surface area contributed by atoms with E-state index in [9.17, 15) is 4.79 Å². The molecule has 0 heterocycles. The fourth-order valence-corrected chi connectivity index (χ4v) is 2.51. The highest BCUT2D eigenvalue weighted by Gasteiger charge is 2.17. The molecule has 0 saturated heterocycles. The Balaban J connectivity index is 2.23. The van der Waals surface area contributed by atoms with Crippen molar-refractivity contribution in [3.63, 3.8) is 0 Å². The topological polar surface area (TPSA) is 20.3 Å². The molecule has 2 aromatic carbocycles. The van der Waals surface area contributed by atoms with Gasteiger partial charge in [0.15, 0.2) is 0 Å². The predicted octanol–water partition coefficient (Wildman–Crippen LogP) is 4.42. The van der Waals surface area contributed by atoms with E-state index in [1.807, 2.05) is 67.3 Å². The van der Waals surface area contributed by atoms with Gasteiger partial charge in [0.1, 0.15) is 0 Å². The van der Waals surface area contributed by atoms with Gasteiger partial charge < -0.3 is 4.90 Å². The molecule has 0 aliphatic rings. The standard InChI is InChI=1S/C17H18BrNO/c1-3-19(12-14-8-5-4-6-9-14)17(20)15-10-7-11-16(18)13(15)2/h4-11H,3,12H2,1-2H3. The summed E-state index contributed by atoms with van der Waals surface area (Å²) in [6, 6.07) is 15.8. The Morgan fingerprint density at radius 3 is 2.45 bits per heavy atom. The van der Waals surface area contributed by atoms with Crippen molar-refractivity contribution >= 4 is 21.8 Å². The van der Waals surface area contributed by atoms with Crippen molar-refractivity contribution in [1.82, 2.24) is 4.90 Å². The molecule has 20 heavy (non-hydrogen) atoms. The highest BCUT2D eigenvalue weighted by Crippen LogP contribution is 2.21. The fourth-order valence-electron chi connectivity index (χ4n) is 2.14. The van der Waals surface area contributed by atoms with E-state index in [0.717, 1.165) is 21.2 Å². The first-order chi connectivity index (χ1) is 9.63. The second-order valence-electron chi connectivity index (χ2n) is 4.72. The molecule has 0 aliphatic heterocycles. The third-order valence-corrected chi connectivity index (χ3v) is 4.24. The van der Waals surface area contributed by atoms with Crippen LogP contribution in [0.25, 0.3) is 0 Å². The first-order valence-corrected chi connectivity index (χ1v) is 7.51. The Kier molecular flexibility index (Phi) is 4.96. The molecule has 104 valence electrons. The van der Waals surface area contributed by atoms with Gasteiger partial charge in [-0.2, -0.15) is 0 Å². The van der Waals surface area contributed by atoms with Gasteiger partial charge in [-0.15, -0.1) is 0 Å². The maximum Gasteiger partial charge on any atom is 0.254 e. The van der Waals surface area contributed by atoms with Crippen LogP contribution in [0.4, 0.5) is 0 Å². The molecule has 2 aromatic rings. The molecule has 0 aliphatic carbocycles. The van der Waals surface area contributed by atoms with Crippen LogP contribution in [0.15, 0.2) is 53.0 Å². The van der Waals surface area contributed by atoms with Crippen molar-refractivity contribution in [3.8, 4) is 0 Å². The largest absolute Gasteiger partial charge is 0.335 e. The van der Waals surface area contributed by atoms with Gasteiger partial charge in [-0.1, -0.05) is 52.3 Å². The van der Waals surface area contributed by atoms with Crippen molar-refractivity contribution in [2.45, 2.75) is 20.4 Å². The molecule has 3 heteroatoms. The molecule has 0 N–H and O–H groups in total. The molecule has 1 amide bonds. The van der Waals surface area contributed by atoms with E-state index in [-0.39, 0.29) is 5.91 Å². The van der Waals surface area contributed by atoms with Crippen LogP contribution in [0.2, 0.25) is 0 Å². The van der Waals surface area contributed by atoms with E-state index in [1.54, 1.807) is 0 Å². The van der Waals surface area contributed by atoms with Gasteiger partial charge in [0.2, 0.25) is 0 Å². The number of nitrogens with zero attached hydrogens (tertiary/aromatic N) is 1. The van der Waals surface area contributed by atoms with Crippen LogP contribution in [0.1, 0.15) is 28.4 Å². The summed E-state index contributed by atoms with van der Waals surface area (Å²) in [5, 5.41) is 0. The van der Waals surface area contributed by atoms with Gasteiger partial charge in [-0.05, 0) is 37.1 Å². The molecule has 0 aromatic heterocycles. The van der Waals surface area contributed by atoms with Gasteiger partial charge in [0, 0.05) is 23.1 Å². The van der Waals surface area contributed by atoms with E-state index >= 15 is 0 Å². The molecule has 2 nitrogen and oxygen atoms in total. The summed E-state index contributed by atoms with van der Waals surface area (Å²) in [7, 11) is 0. The molecular weight excluding hydrogens is 314 g/mol. The Labute approximate surface area is 128 Å². The maximum absolute atomic E-state index is 12.7. The number of benzene rings is 2. The maximum atomic E-state index is 12.7. The van der Waals surface area contributed by atoms with Crippen LogP contribution in [0.3, 0.4) is 0 Å². The predicted molar refractivity (Wildman–Crippen MR) is 85.7 cm³/mol. The van der Waals surface area contributed by atoms with E-state index in [4.69, 9.17) is 0 Å². The summed E-state index contributed by atoms with van der Waals surface area (Å²) in [4.78, 5) is 14.5. The van der Waals surface area contributed by atoms with Crippen molar-refractivity contribution in [1.29, 1.82) is 0 Å². The van der Waals surface area contributed by atoms with E-state index in [1.165, 1.54) is 0 Å². The SMILES string of the molecule is CCN(Cc1ccccc1)C(=O)c1cccc(Br)c1C. The summed E-state index contributed by atoms with van der Waals surface area (Å²) in [6.07, 6.45) is 0. The molecule has 0 bridgehead atoms. The lowest BCUT2D eigenvalue weighted by atomic mass is 10.1. The minimum Gasteiger partial charge on any atom is -0.335 e. The van der Waals surface area contributed by atoms with Crippen molar-refractivity contribution in [3.05, 3.63) is 69.7 Å². The zero-order chi connectivity index (χ0) is 14.5. The van der Waals surface area contributed by atoms with E-state index in [2.05, 4.69) is 15.9 Å². The van der Waals surface area contributed by atoms with Gasteiger partial charge in [-0.25, -0.2) is 0 Å². The Morgan fingerprint density at radius 2 is 1.80 bits per heavy atom. The van der Waals surface area contributed by atoms with Crippen molar-refractivity contribution in [2.24, 2.45) is 0 Å². The zero-order valence-electron chi connectivity index (χ0n) is 11.8. The lowest BCUT2D eigenvalue weighted by Crippen LogP contribution is -2.30.